The van der Waals surface area contributed by atoms with E-state index in [0.717, 1.165) is 16.4 Å². The summed E-state index contributed by atoms with van der Waals surface area (Å²) >= 11 is 11.9. The van der Waals surface area contributed by atoms with Gasteiger partial charge in [0.1, 0.15) is 4.90 Å². The number of anilines is 1. The van der Waals surface area contributed by atoms with E-state index in [4.69, 9.17) is 28.3 Å². The summed E-state index contributed by atoms with van der Waals surface area (Å²) in [6, 6.07) is 7.50. The van der Waals surface area contributed by atoms with E-state index >= 15 is 0 Å². The molecule has 11 heteroatoms. The van der Waals surface area contributed by atoms with Crippen LogP contribution in [-0.4, -0.2) is 31.0 Å². The highest BCUT2D eigenvalue weighted by Crippen LogP contribution is 2.33. The normalized spacial score (nSPS) is 11.2. The number of hydrogen-bond acceptors (Lipinski definition) is 5. The molecule has 144 valence electrons. The van der Waals surface area contributed by atoms with E-state index in [-0.39, 0.29) is 38.4 Å². The number of carboxylic acid groups (broad SMARTS) is 1. The third-order valence-electron chi connectivity index (χ3n) is 3.65. The number of nitro benzene ring substituents is 1. The molecule has 0 aliphatic carbocycles. The molecule has 0 fully saturated rings. The van der Waals surface area contributed by atoms with Gasteiger partial charge >= 0.3 is 5.97 Å². The second-order valence-electron chi connectivity index (χ2n) is 5.52. The molecule has 0 saturated heterocycles. The number of halogens is 2. The van der Waals surface area contributed by atoms with Gasteiger partial charge in [-0.15, -0.1) is 0 Å². The number of aliphatic carboxylic acids is 1. The number of benzene rings is 2. The molecule has 0 aromatic heterocycles. The molecule has 27 heavy (non-hydrogen) atoms. The first-order valence-electron chi connectivity index (χ1n) is 7.48. The van der Waals surface area contributed by atoms with Crippen LogP contribution in [0.3, 0.4) is 0 Å². The molecule has 0 heterocycles. The van der Waals surface area contributed by atoms with E-state index < -0.39 is 27.3 Å². The maximum absolute atomic E-state index is 13.1. The monoisotopic (exact) mass is 432 g/mol. The third kappa shape index (κ3) is 4.68. The van der Waals surface area contributed by atoms with Crippen LogP contribution in [0.25, 0.3) is 0 Å². The molecule has 1 N–H and O–H groups in total. The molecule has 0 amide bonds. The van der Waals surface area contributed by atoms with Crippen molar-refractivity contribution < 1.29 is 23.2 Å². The van der Waals surface area contributed by atoms with Gasteiger partial charge in [0.05, 0.1) is 22.1 Å². The Morgan fingerprint density at radius 3 is 2.44 bits per heavy atom. The van der Waals surface area contributed by atoms with E-state index in [0.29, 0.717) is 0 Å². The van der Waals surface area contributed by atoms with Gasteiger partial charge in [-0.1, -0.05) is 23.2 Å². The lowest BCUT2D eigenvalue weighted by Gasteiger charge is -2.26. The molecule has 2 rings (SSSR count). The van der Waals surface area contributed by atoms with Crippen molar-refractivity contribution in [3.63, 3.8) is 0 Å². The minimum absolute atomic E-state index is 0.0840. The number of non-ortho nitro benzene ring substituents is 1. The van der Waals surface area contributed by atoms with Gasteiger partial charge in [0, 0.05) is 23.7 Å². The summed E-state index contributed by atoms with van der Waals surface area (Å²) in [6.07, 6.45) is -0.478. The van der Waals surface area contributed by atoms with Gasteiger partial charge in [-0.2, -0.15) is 0 Å². The van der Waals surface area contributed by atoms with Crippen LogP contribution in [-0.2, 0) is 14.8 Å². The average Bonchev–Trinajstić information content (AvgIpc) is 2.57. The van der Waals surface area contributed by atoms with Crippen molar-refractivity contribution in [3.8, 4) is 0 Å². The van der Waals surface area contributed by atoms with E-state index in [9.17, 15) is 23.3 Å². The highest BCUT2D eigenvalue weighted by Gasteiger charge is 2.29. The van der Waals surface area contributed by atoms with E-state index in [2.05, 4.69) is 0 Å². The standard InChI is InChI=1S/C16H14Cl2N2O6S/c1-10-8-12(20(23)24)3-5-14(10)19(7-6-16(21)22)27(25,26)15-9-11(17)2-4-13(15)18/h2-5,8-9H,6-7H2,1H3,(H,21,22). The van der Waals surface area contributed by atoms with Crippen LogP contribution in [0.1, 0.15) is 12.0 Å². The predicted octanol–water partition coefficient (Wildman–Crippen LogP) is 3.88. The first kappa shape index (κ1) is 20.9. The summed E-state index contributed by atoms with van der Waals surface area (Å²) in [5.41, 5.74) is 0.182. The molecule has 2 aromatic rings. The van der Waals surface area contributed by atoms with Crippen molar-refractivity contribution in [2.24, 2.45) is 0 Å². The number of carboxylic acids is 1. The summed E-state index contributed by atoms with van der Waals surface area (Å²) in [5, 5.41) is 19.9. The zero-order valence-corrected chi connectivity index (χ0v) is 16.3. The predicted molar refractivity (Wildman–Crippen MR) is 101 cm³/mol. The van der Waals surface area contributed by atoms with E-state index in [1.54, 1.807) is 0 Å². The zero-order valence-electron chi connectivity index (χ0n) is 13.9. The lowest BCUT2D eigenvalue weighted by molar-refractivity contribution is -0.384. The van der Waals surface area contributed by atoms with Gasteiger partial charge in [-0.05, 0) is 36.8 Å². The number of sulfonamides is 1. The lowest BCUT2D eigenvalue weighted by Crippen LogP contribution is -2.34. The molecule has 0 aliphatic heterocycles. The van der Waals surface area contributed by atoms with E-state index in [1.807, 2.05) is 0 Å². The fraction of sp³-hybridized carbons (Fsp3) is 0.188. The maximum atomic E-state index is 13.1. The van der Waals surface area contributed by atoms with Crippen molar-refractivity contribution in [2.45, 2.75) is 18.2 Å². The van der Waals surface area contributed by atoms with E-state index in [1.165, 1.54) is 31.2 Å². The Bertz CT molecular complexity index is 1010. The molecule has 0 unspecified atom stereocenters. The number of aryl methyl sites for hydroxylation is 1. The van der Waals surface area contributed by atoms with Crippen LogP contribution in [0.15, 0.2) is 41.3 Å². The summed E-state index contributed by atoms with van der Waals surface area (Å²) in [4.78, 5) is 21.0. The number of nitrogens with zero attached hydrogens (tertiary/aromatic N) is 2. The zero-order chi connectivity index (χ0) is 20.4. The van der Waals surface area contributed by atoms with Gasteiger partial charge in [0.25, 0.3) is 15.7 Å². The topological polar surface area (TPSA) is 118 Å². The number of nitro groups is 1. The lowest BCUT2D eigenvalue weighted by atomic mass is 10.2. The number of rotatable bonds is 7. The summed E-state index contributed by atoms with van der Waals surface area (Å²) in [6.45, 7) is 1.10. The molecular weight excluding hydrogens is 419 g/mol. The first-order chi connectivity index (χ1) is 12.5. The van der Waals surface area contributed by atoms with Gasteiger partial charge in [-0.3, -0.25) is 19.2 Å². The SMILES string of the molecule is Cc1cc([N+](=O)[O-])ccc1N(CCC(=O)O)S(=O)(=O)c1cc(Cl)ccc1Cl. The van der Waals surface area contributed by atoms with Gasteiger partial charge in [0.2, 0.25) is 0 Å². The highest BCUT2D eigenvalue weighted by molar-refractivity contribution is 7.93. The van der Waals surface area contributed by atoms with Crippen LogP contribution >= 0.6 is 23.2 Å². The second kappa shape index (κ2) is 8.12. The molecule has 2 aromatic carbocycles. The molecule has 0 bridgehead atoms. The van der Waals surface area contributed by atoms with Crippen molar-refractivity contribution >= 4 is 50.6 Å². The van der Waals surface area contributed by atoms with Crippen molar-refractivity contribution in [2.75, 3.05) is 10.8 Å². The largest absolute Gasteiger partial charge is 0.481 e. The minimum atomic E-state index is -4.27. The highest BCUT2D eigenvalue weighted by atomic mass is 35.5. The Morgan fingerprint density at radius 2 is 1.89 bits per heavy atom. The Hall–Kier alpha value is -2.36. The fourth-order valence-electron chi connectivity index (χ4n) is 2.39. The molecule has 0 atom stereocenters. The minimum Gasteiger partial charge on any atom is -0.481 e. The number of carbonyl (C=O) groups is 1. The Kier molecular flexibility index (Phi) is 6.30. The van der Waals surface area contributed by atoms with Crippen molar-refractivity contribution in [3.05, 3.63) is 62.1 Å². The average molecular weight is 433 g/mol. The van der Waals surface area contributed by atoms with Crippen LogP contribution in [0.5, 0.6) is 0 Å². The van der Waals surface area contributed by atoms with Crippen molar-refractivity contribution in [1.29, 1.82) is 0 Å². The van der Waals surface area contributed by atoms with Crippen LogP contribution in [0, 0.1) is 17.0 Å². The number of hydrogen-bond donors (Lipinski definition) is 1. The molecule has 0 radical (unpaired) electrons. The quantitative estimate of drug-likeness (QED) is 0.523. The summed E-state index contributed by atoms with van der Waals surface area (Å²) < 4.78 is 27.1. The summed E-state index contributed by atoms with van der Waals surface area (Å²) in [7, 11) is -4.27. The molecule has 0 aliphatic rings. The molecule has 8 nitrogen and oxygen atoms in total. The van der Waals surface area contributed by atoms with Crippen LogP contribution < -0.4 is 4.31 Å². The summed E-state index contributed by atoms with van der Waals surface area (Å²) in [5.74, 6) is -1.20. The molecular formula is C16H14Cl2N2O6S. The molecule has 0 spiro atoms. The van der Waals surface area contributed by atoms with Gasteiger partial charge < -0.3 is 5.11 Å². The Morgan fingerprint density at radius 1 is 1.22 bits per heavy atom. The van der Waals surface area contributed by atoms with Crippen molar-refractivity contribution in [1.82, 2.24) is 0 Å². The second-order valence-corrected chi connectivity index (χ2v) is 8.20. The third-order valence-corrected chi connectivity index (χ3v) is 6.18. The molecule has 0 saturated carbocycles. The smallest absolute Gasteiger partial charge is 0.305 e. The van der Waals surface area contributed by atoms with Crippen LogP contribution in [0.2, 0.25) is 10.0 Å². The van der Waals surface area contributed by atoms with Crippen LogP contribution in [0.4, 0.5) is 11.4 Å². The Balaban J connectivity index is 2.62. The first-order valence-corrected chi connectivity index (χ1v) is 9.68. The maximum Gasteiger partial charge on any atom is 0.305 e. The van der Waals surface area contributed by atoms with Gasteiger partial charge in [-0.25, -0.2) is 8.42 Å². The Labute approximate surface area is 165 Å². The fourth-order valence-corrected chi connectivity index (χ4v) is 4.66. The van der Waals surface area contributed by atoms with Gasteiger partial charge in [0.15, 0.2) is 0 Å².